The van der Waals surface area contributed by atoms with Gasteiger partial charge in [-0.2, -0.15) is 0 Å². The van der Waals surface area contributed by atoms with Crippen LogP contribution in [0, 0.1) is 0 Å². The van der Waals surface area contributed by atoms with Gasteiger partial charge in [0.2, 0.25) is 0 Å². The van der Waals surface area contributed by atoms with Crippen molar-refractivity contribution < 1.29 is 14.3 Å². The minimum absolute atomic E-state index is 0.0254. The number of carbonyl (C=O) groups is 2. The summed E-state index contributed by atoms with van der Waals surface area (Å²) in [5, 5.41) is 5.96. The van der Waals surface area contributed by atoms with E-state index in [0.717, 1.165) is 17.7 Å². The van der Waals surface area contributed by atoms with E-state index in [-0.39, 0.29) is 17.4 Å². The third-order valence-corrected chi connectivity index (χ3v) is 4.34. The summed E-state index contributed by atoms with van der Waals surface area (Å²) >= 11 is 0. The molecule has 0 aliphatic heterocycles. The predicted octanol–water partition coefficient (Wildman–Crippen LogP) is 3.59. The minimum Gasteiger partial charge on any atom is -0.496 e. The zero-order chi connectivity index (χ0) is 20.6. The van der Waals surface area contributed by atoms with Crippen molar-refractivity contribution in [2.75, 3.05) is 24.3 Å². The van der Waals surface area contributed by atoms with Gasteiger partial charge in [-0.1, -0.05) is 18.2 Å². The molecule has 1 aromatic heterocycles. The van der Waals surface area contributed by atoms with Gasteiger partial charge in [-0.15, -0.1) is 0 Å². The molecule has 0 bridgehead atoms. The Labute approximate surface area is 169 Å². The van der Waals surface area contributed by atoms with Crippen LogP contribution >= 0.6 is 0 Å². The maximum absolute atomic E-state index is 12.5. The Morgan fingerprint density at radius 2 is 1.79 bits per heavy atom. The number of amides is 1. The molecule has 0 atom stereocenters. The van der Waals surface area contributed by atoms with Crippen molar-refractivity contribution in [1.82, 2.24) is 9.97 Å². The van der Waals surface area contributed by atoms with Gasteiger partial charge in [-0.3, -0.25) is 9.59 Å². The third-order valence-electron chi connectivity index (χ3n) is 4.34. The number of nitrogens with one attached hydrogen (secondary N) is 2. The number of hydrogen-bond acceptors (Lipinski definition) is 6. The zero-order valence-electron chi connectivity index (χ0n) is 16.3. The van der Waals surface area contributed by atoms with Gasteiger partial charge in [0.05, 0.1) is 7.11 Å². The van der Waals surface area contributed by atoms with Crippen molar-refractivity contribution >= 4 is 23.2 Å². The first-order valence-electron chi connectivity index (χ1n) is 9.17. The van der Waals surface area contributed by atoms with Gasteiger partial charge in [-0.25, -0.2) is 9.97 Å². The average molecular weight is 390 g/mol. The SMILES string of the molecule is COc1ccccc1CCNc1cc(C(=O)Nc2ccc(C(C)=O)cc2)ncn1. The predicted molar refractivity (Wildman–Crippen MR) is 112 cm³/mol. The minimum atomic E-state index is -0.351. The molecular formula is C22H22N4O3. The molecule has 0 aliphatic carbocycles. The highest BCUT2D eigenvalue weighted by Crippen LogP contribution is 2.18. The van der Waals surface area contributed by atoms with Gasteiger partial charge in [0.25, 0.3) is 5.91 Å². The number of carbonyl (C=O) groups excluding carboxylic acids is 2. The molecule has 1 amide bonds. The van der Waals surface area contributed by atoms with E-state index in [4.69, 9.17) is 4.74 Å². The lowest BCUT2D eigenvalue weighted by molar-refractivity contribution is 0.101. The summed E-state index contributed by atoms with van der Waals surface area (Å²) in [6.07, 6.45) is 2.09. The van der Waals surface area contributed by atoms with Crippen molar-refractivity contribution in [1.29, 1.82) is 0 Å². The van der Waals surface area contributed by atoms with Crippen LogP contribution in [0.3, 0.4) is 0 Å². The van der Waals surface area contributed by atoms with Crippen LogP contribution in [-0.2, 0) is 6.42 Å². The number of methoxy groups -OCH3 is 1. The summed E-state index contributed by atoms with van der Waals surface area (Å²) in [4.78, 5) is 32.0. The molecule has 7 heteroatoms. The van der Waals surface area contributed by atoms with Crippen molar-refractivity contribution in [3.05, 3.63) is 77.7 Å². The Balaban J connectivity index is 1.59. The molecule has 29 heavy (non-hydrogen) atoms. The Hall–Kier alpha value is -3.74. The molecular weight excluding hydrogens is 368 g/mol. The molecule has 0 saturated heterocycles. The number of ketones is 1. The van der Waals surface area contributed by atoms with Crippen LogP contribution in [0.25, 0.3) is 0 Å². The van der Waals surface area contributed by atoms with Gasteiger partial charge in [0, 0.05) is 23.9 Å². The molecule has 2 N–H and O–H groups in total. The van der Waals surface area contributed by atoms with Crippen molar-refractivity contribution in [3.63, 3.8) is 0 Å². The average Bonchev–Trinajstić information content (AvgIpc) is 2.74. The second-order valence-electron chi connectivity index (χ2n) is 6.36. The van der Waals surface area contributed by atoms with Crippen molar-refractivity contribution in [2.24, 2.45) is 0 Å². The van der Waals surface area contributed by atoms with Gasteiger partial charge < -0.3 is 15.4 Å². The van der Waals surface area contributed by atoms with Crippen LogP contribution in [0.4, 0.5) is 11.5 Å². The second-order valence-corrected chi connectivity index (χ2v) is 6.36. The summed E-state index contributed by atoms with van der Waals surface area (Å²) in [5.74, 6) is 1.03. The van der Waals surface area contributed by atoms with Crippen LogP contribution in [0.2, 0.25) is 0 Å². The lowest BCUT2D eigenvalue weighted by Gasteiger charge is -2.10. The summed E-state index contributed by atoms with van der Waals surface area (Å²) in [5.41, 5.74) is 2.51. The molecule has 1 heterocycles. The Kier molecular flexibility index (Phi) is 6.52. The highest BCUT2D eigenvalue weighted by atomic mass is 16.5. The number of aromatic nitrogens is 2. The van der Waals surface area contributed by atoms with E-state index in [2.05, 4.69) is 20.6 Å². The summed E-state index contributed by atoms with van der Waals surface area (Å²) in [6, 6.07) is 16.1. The summed E-state index contributed by atoms with van der Waals surface area (Å²) < 4.78 is 5.35. The van der Waals surface area contributed by atoms with Gasteiger partial charge in [0.15, 0.2) is 5.78 Å². The Morgan fingerprint density at radius 3 is 2.52 bits per heavy atom. The molecule has 0 unspecified atom stereocenters. The Bertz CT molecular complexity index is 1000. The van der Waals surface area contributed by atoms with Crippen molar-refractivity contribution in [3.8, 4) is 5.75 Å². The van der Waals surface area contributed by atoms with Crippen LogP contribution in [-0.4, -0.2) is 35.3 Å². The molecule has 0 aliphatic rings. The number of para-hydroxylation sites is 1. The highest BCUT2D eigenvalue weighted by Gasteiger charge is 2.10. The smallest absolute Gasteiger partial charge is 0.274 e. The largest absolute Gasteiger partial charge is 0.496 e. The van der Waals surface area contributed by atoms with Crippen LogP contribution < -0.4 is 15.4 Å². The molecule has 3 aromatic rings. The first kappa shape index (κ1) is 20.0. The molecule has 148 valence electrons. The molecule has 0 radical (unpaired) electrons. The molecule has 0 saturated carbocycles. The fourth-order valence-corrected chi connectivity index (χ4v) is 2.80. The van der Waals surface area contributed by atoms with Gasteiger partial charge >= 0.3 is 0 Å². The van der Waals surface area contributed by atoms with E-state index in [0.29, 0.717) is 23.6 Å². The van der Waals surface area contributed by atoms with E-state index < -0.39 is 0 Å². The topological polar surface area (TPSA) is 93.2 Å². The first-order chi connectivity index (χ1) is 14.1. The summed E-state index contributed by atoms with van der Waals surface area (Å²) in [7, 11) is 1.65. The quantitative estimate of drug-likeness (QED) is 0.571. The van der Waals surface area contributed by atoms with E-state index in [9.17, 15) is 9.59 Å². The standard InChI is InChI=1S/C22H22N4O3/c1-15(27)16-7-9-18(10-8-16)26-22(28)19-13-21(25-14-24-19)23-12-11-17-5-3-4-6-20(17)29-2/h3-10,13-14H,11-12H2,1-2H3,(H,26,28)(H,23,24,25). The monoisotopic (exact) mass is 390 g/mol. The number of hydrogen-bond donors (Lipinski definition) is 2. The number of ether oxygens (including phenoxy) is 1. The molecule has 0 fully saturated rings. The van der Waals surface area contributed by atoms with E-state index in [1.54, 1.807) is 37.4 Å². The van der Waals surface area contributed by atoms with E-state index in [1.807, 2.05) is 24.3 Å². The maximum Gasteiger partial charge on any atom is 0.274 e. The lowest BCUT2D eigenvalue weighted by Crippen LogP contribution is -2.15. The number of anilines is 2. The summed E-state index contributed by atoms with van der Waals surface area (Å²) in [6.45, 7) is 2.13. The lowest BCUT2D eigenvalue weighted by atomic mass is 10.1. The number of benzene rings is 2. The normalized spacial score (nSPS) is 10.3. The van der Waals surface area contributed by atoms with Gasteiger partial charge in [-0.05, 0) is 49.2 Å². The highest BCUT2D eigenvalue weighted by molar-refractivity contribution is 6.03. The van der Waals surface area contributed by atoms with Crippen LogP contribution in [0.15, 0.2) is 60.9 Å². The third kappa shape index (κ3) is 5.38. The zero-order valence-corrected chi connectivity index (χ0v) is 16.3. The van der Waals surface area contributed by atoms with E-state index in [1.165, 1.54) is 13.3 Å². The first-order valence-corrected chi connectivity index (χ1v) is 9.17. The molecule has 2 aromatic carbocycles. The van der Waals surface area contributed by atoms with Gasteiger partial charge in [0.1, 0.15) is 23.6 Å². The fourth-order valence-electron chi connectivity index (χ4n) is 2.80. The van der Waals surface area contributed by atoms with Crippen molar-refractivity contribution in [2.45, 2.75) is 13.3 Å². The Morgan fingerprint density at radius 1 is 1.03 bits per heavy atom. The van der Waals surface area contributed by atoms with Crippen LogP contribution in [0.1, 0.15) is 33.3 Å². The second kappa shape index (κ2) is 9.45. The fraction of sp³-hybridized carbons (Fsp3) is 0.182. The van der Waals surface area contributed by atoms with Crippen LogP contribution in [0.5, 0.6) is 5.75 Å². The maximum atomic E-state index is 12.5. The number of Topliss-reactive ketones (excluding diaryl/α,β-unsaturated/α-hetero) is 1. The molecule has 7 nitrogen and oxygen atoms in total. The molecule has 0 spiro atoms. The number of nitrogens with zero attached hydrogens (tertiary/aromatic N) is 2. The number of rotatable bonds is 8. The van der Waals surface area contributed by atoms with E-state index >= 15 is 0 Å². The molecule has 3 rings (SSSR count).